The minimum atomic E-state index is -0.896. The van der Waals surface area contributed by atoms with Crippen molar-refractivity contribution in [3.8, 4) is 11.5 Å². The lowest BCUT2D eigenvalue weighted by molar-refractivity contribution is -0.140. The summed E-state index contributed by atoms with van der Waals surface area (Å²) in [4.78, 5) is 22.8. The van der Waals surface area contributed by atoms with Gasteiger partial charge in [0.15, 0.2) is 6.61 Å². The zero-order chi connectivity index (χ0) is 16.0. The van der Waals surface area contributed by atoms with Gasteiger partial charge >= 0.3 is 5.97 Å². The molecule has 0 aliphatic heterocycles. The summed E-state index contributed by atoms with van der Waals surface area (Å²) in [6.07, 6.45) is 2.30. The second kappa shape index (κ2) is 7.15. The lowest BCUT2D eigenvalue weighted by Gasteiger charge is -2.41. The molecule has 0 saturated heterocycles. The summed E-state index contributed by atoms with van der Waals surface area (Å²) < 4.78 is 10.7. The van der Waals surface area contributed by atoms with Crippen LogP contribution in [0.5, 0.6) is 11.5 Å². The molecule has 120 valence electrons. The largest absolute Gasteiger partial charge is 0.494 e. The zero-order valence-electron chi connectivity index (χ0n) is 12.6. The highest BCUT2D eigenvalue weighted by Gasteiger charge is 2.40. The predicted molar refractivity (Wildman–Crippen MR) is 80.1 cm³/mol. The first-order valence-corrected chi connectivity index (χ1v) is 7.41. The van der Waals surface area contributed by atoms with Gasteiger partial charge in [-0.2, -0.15) is 0 Å². The Bertz CT molecular complexity index is 522. The molecule has 0 atom stereocenters. The SMILES string of the molecule is CCOc1ccc(OCC(=O)NC2(CC(=O)O)CCC2)cc1. The number of carbonyl (C=O) groups is 2. The first kappa shape index (κ1) is 16.1. The Labute approximate surface area is 129 Å². The van der Waals surface area contributed by atoms with Crippen LogP contribution in [0.25, 0.3) is 0 Å². The standard InChI is InChI=1S/C16H21NO5/c1-2-21-12-4-6-13(7-5-12)22-11-14(18)17-16(8-3-9-16)10-15(19)20/h4-7H,2-3,8-11H2,1H3,(H,17,18)(H,19,20). The van der Waals surface area contributed by atoms with Crippen LogP contribution in [0.15, 0.2) is 24.3 Å². The number of ether oxygens (including phenoxy) is 2. The van der Waals surface area contributed by atoms with E-state index in [9.17, 15) is 9.59 Å². The van der Waals surface area contributed by atoms with Gasteiger partial charge in [0.2, 0.25) is 0 Å². The Morgan fingerprint density at radius 3 is 2.23 bits per heavy atom. The van der Waals surface area contributed by atoms with Crippen molar-refractivity contribution in [3.63, 3.8) is 0 Å². The van der Waals surface area contributed by atoms with Crippen molar-refractivity contribution in [2.45, 2.75) is 38.1 Å². The van der Waals surface area contributed by atoms with Crippen molar-refractivity contribution in [2.75, 3.05) is 13.2 Å². The third-order valence-corrected chi connectivity index (χ3v) is 3.71. The van der Waals surface area contributed by atoms with Gasteiger partial charge in [-0.25, -0.2) is 0 Å². The topological polar surface area (TPSA) is 84.9 Å². The Balaban J connectivity index is 1.80. The van der Waals surface area contributed by atoms with Crippen molar-refractivity contribution in [3.05, 3.63) is 24.3 Å². The first-order valence-electron chi connectivity index (χ1n) is 7.41. The normalized spacial score (nSPS) is 15.5. The number of carboxylic acids is 1. The highest BCUT2D eigenvalue weighted by molar-refractivity contribution is 5.80. The number of carbonyl (C=O) groups excluding carboxylic acids is 1. The van der Waals surface area contributed by atoms with Gasteiger partial charge < -0.3 is 19.9 Å². The Morgan fingerprint density at radius 2 is 1.77 bits per heavy atom. The minimum absolute atomic E-state index is 0.0399. The van der Waals surface area contributed by atoms with Crippen LogP contribution in [0.4, 0.5) is 0 Å². The van der Waals surface area contributed by atoms with Gasteiger partial charge in [-0.05, 0) is 50.5 Å². The lowest BCUT2D eigenvalue weighted by Crippen LogP contribution is -2.55. The molecule has 0 aromatic heterocycles. The number of rotatable bonds is 8. The summed E-state index contributed by atoms with van der Waals surface area (Å²) in [5, 5.41) is 11.7. The summed E-state index contributed by atoms with van der Waals surface area (Å²) in [5.74, 6) is 0.121. The maximum Gasteiger partial charge on any atom is 0.305 e. The van der Waals surface area contributed by atoms with Crippen molar-refractivity contribution in [2.24, 2.45) is 0 Å². The predicted octanol–water partition coefficient (Wildman–Crippen LogP) is 1.98. The third-order valence-electron chi connectivity index (χ3n) is 3.71. The van der Waals surface area contributed by atoms with Crippen LogP contribution >= 0.6 is 0 Å². The number of hydrogen-bond donors (Lipinski definition) is 2. The molecule has 0 unspecified atom stereocenters. The van der Waals surface area contributed by atoms with E-state index >= 15 is 0 Å². The van der Waals surface area contributed by atoms with Gasteiger partial charge in [-0.1, -0.05) is 0 Å². The van der Waals surface area contributed by atoms with E-state index in [4.69, 9.17) is 14.6 Å². The van der Waals surface area contributed by atoms with Crippen LogP contribution in [0, 0.1) is 0 Å². The maximum atomic E-state index is 11.9. The number of nitrogens with one attached hydrogen (secondary N) is 1. The van der Waals surface area contributed by atoms with E-state index < -0.39 is 11.5 Å². The Kier molecular flexibility index (Phi) is 5.25. The van der Waals surface area contributed by atoms with Crippen molar-refractivity contribution in [1.29, 1.82) is 0 Å². The molecule has 22 heavy (non-hydrogen) atoms. The molecule has 1 aliphatic carbocycles. The van der Waals surface area contributed by atoms with Gasteiger partial charge in [0.1, 0.15) is 11.5 Å². The summed E-state index contributed by atoms with van der Waals surface area (Å²) in [6, 6.07) is 7.01. The second-order valence-electron chi connectivity index (χ2n) is 5.45. The summed E-state index contributed by atoms with van der Waals surface area (Å²) in [5.41, 5.74) is -0.592. The van der Waals surface area contributed by atoms with Gasteiger partial charge in [0.25, 0.3) is 5.91 Å². The molecule has 1 aromatic rings. The molecule has 2 rings (SSSR count). The Morgan fingerprint density at radius 1 is 1.18 bits per heavy atom. The molecule has 0 heterocycles. The van der Waals surface area contributed by atoms with Crippen LogP contribution in [0.3, 0.4) is 0 Å². The number of carboxylic acid groups (broad SMARTS) is 1. The molecule has 1 saturated carbocycles. The van der Waals surface area contributed by atoms with Gasteiger partial charge in [0, 0.05) is 0 Å². The van der Waals surface area contributed by atoms with Crippen LogP contribution in [-0.4, -0.2) is 35.7 Å². The maximum absolute atomic E-state index is 11.9. The molecule has 2 N–H and O–H groups in total. The van der Waals surface area contributed by atoms with Crippen molar-refractivity contribution >= 4 is 11.9 Å². The summed E-state index contributed by atoms with van der Waals surface area (Å²) >= 11 is 0. The first-order chi connectivity index (χ1) is 10.5. The summed E-state index contributed by atoms with van der Waals surface area (Å²) in [6.45, 7) is 2.37. The second-order valence-corrected chi connectivity index (χ2v) is 5.45. The molecular formula is C16H21NO5. The Hall–Kier alpha value is -2.24. The highest BCUT2D eigenvalue weighted by atomic mass is 16.5. The van der Waals surface area contributed by atoms with E-state index in [2.05, 4.69) is 5.32 Å². The number of hydrogen-bond acceptors (Lipinski definition) is 4. The molecule has 1 fully saturated rings. The number of aliphatic carboxylic acids is 1. The molecule has 1 amide bonds. The molecule has 6 nitrogen and oxygen atoms in total. The molecule has 0 bridgehead atoms. The molecular weight excluding hydrogens is 286 g/mol. The quantitative estimate of drug-likeness (QED) is 0.767. The van der Waals surface area contributed by atoms with E-state index in [1.807, 2.05) is 6.92 Å². The van der Waals surface area contributed by atoms with Crippen molar-refractivity contribution < 1.29 is 24.2 Å². The van der Waals surface area contributed by atoms with Crippen LogP contribution in [0.1, 0.15) is 32.6 Å². The van der Waals surface area contributed by atoms with E-state index in [0.29, 0.717) is 25.2 Å². The van der Waals surface area contributed by atoms with Crippen LogP contribution < -0.4 is 14.8 Å². The average molecular weight is 307 g/mol. The molecule has 1 aromatic carbocycles. The van der Waals surface area contributed by atoms with Gasteiger partial charge in [-0.3, -0.25) is 9.59 Å². The van der Waals surface area contributed by atoms with E-state index in [1.165, 1.54) is 0 Å². The average Bonchev–Trinajstić information content (AvgIpc) is 2.44. The molecule has 0 spiro atoms. The number of benzene rings is 1. The fraction of sp³-hybridized carbons (Fsp3) is 0.500. The lowest BCUT2D eigenvalue weighted by atomic mass is 9.74. The fourth-order valence-electron chi connectivity index (χ4n) is 2.52. The van der Waals surface area contributed by atoms with E-state index in [1.54, 1.807) is 24.3 Å². The fourth-order valence-corrected chi connectivity index (χ4v) is 2.52. The number of amides is 1. The van der Waals surface area contributed by atoms with Gasteiger partial charge in [0.05, 0.1) is 18.6 Å². The van der Waals surface area contributed by atoms with Crippen LogP contribution in [-0.2, 0) is 9.59 Å². The smallest absolute Gasteiger partial charge is 0.305 e. The zero-order valence-corrected chi connectivity index (χ0v) is 12.6. The highest BCUT2D eigenvalue weighted by Crippen LogP contribution is 2.34. The summed E-state index contributed by atoms with van der Waals surface area (Å²) in [7, 11) is 0. The van der Waals surface area contributed by atoms with Crippen LogP contribution in [0.2, 0.25) is 0 Å². The minimum Gasteiger partial charge on any atom is -0.494 e. The molecule has 1 aliphatic rings. The van der Waals surface area contributed by atoms with E-state index in [0.717, 1.165) is 12.2 Å². The van der Waals surface area contributed by atoms with Gasteiger partial charge in [-0.15, -0.1) is 0 Å². The molecule has 6 heteroatoms. The third kappa shape index (κ3) is 4.38. The van der Waals surface area contributed by atoms with E-state index in [-0.39, 0.29) is 18.9 Å². The molecule has 0 radical (unpaired) electrons. The monoisotopic (exact) mass is 307 g/mol. The van der Waals surface area contributed by atoms with Crippen molar-refractivity contribution in [1.82, 2.24) is 5.32 Å².